The van der Waals surface area contributed by atoms with Gasteiger partial charge in [0.05, 0.1) is 7.11 Å². The van der Waals surface area contributed by atoms with Gasteiger partial charge in [0, 0.05) is 24.4 Å². The van der Waals surface area contributed by atoms with Crippen molar-refractivity contribution in [3.63, 3.8) is 0 Å². The summed E-state index contributed by atoms with van der Waals surface area (Å²) < 4.78 is 18.4. The average molecular weight is 221 g/mol. The summed E-state index contributed by atoms with van der Waals surface area (Å²) in [4.78, 5) is 2.20. The van der Waals surface area contributed by atoms with E-state index < -0.39 is 0 Å². The Labute approximate surface area is 95.3 Å². The zero-order chi connectivity index (χ0) is 11.5. The lowest BCUT2D eigenvalue weighted by molar-refractivity contribution is 0.386. The van der Waals surface area contributed by atoms with Crippen LogP contribution in [0.4, 0.5) is 4.39 Å². The highest BCUT2D eigenvalue weighted by atomic mass is 19.1. The fourth-order valence-corrected chi connectivity index (χ4v) is 2.02. The van der Waals surface area contributed by atoms with Crippen molar-refractivity contribution in [2.45, 2.75) is 12.8 Å². The van der Waals surface area contributed by atoms with E-state index in [-0.39, 0.29) is 11.6 Å². The molecule has 0 N–H and O–H groups in total. The van der Waals surface area contributed by atoms with Gasteiger partial charge in [-0.2, -0.15) is 0 Å². The highest BCUT2D eigenvalue weighted by molar-refractivity contribution is 5.62. The number of hydrogen-bond acceptors (Lipinski definition) is 2. The Morgan fingerprint density at radius 3 is 2.62 bits per heavy atom. The monoisotopic (exact) mass is 221 g/mol. The van der Waals surface area contributed by atoms with Crippen LogP contribution in [0.15, 0.2) is 24.8 Å². The van der Waals surface area contributed by atoms with Gasteiger partial charge in [-0.3, -0.25) is 0 Å². The van der Waals surface area contributed by atoms with Gasteiger partial charge < -0.3 is 9.64 Å². The SMILES string of the molecule is C=C(c1ccc(OC)c(F)c1)N1CCCC1. The maximum absolute atomic E-state index is 13.5. The average Bonchev–Trinajstić information content (AvgIpc) is 2.81. The topological polar surface area (TPSA) is 12.5 Å². The van der Waals surface area contributed by atoms with Gasteiger partial charge >= 0.3 is 0 Å². The summed E-state index contributed by atoms with van der Waals surface area (Å²) >= 11 is 0. The van der Waals surface area contributed by atoms with Crippen molar-refractivity contribution >= 4 is 5.70 Å². The van der Waals surface area contributed by atoms with Crippen LogP contribution in [0.5, 0.6) is 5.75 Å². The fourth-order valence-electron chi connectivity index (χ4n) is 2.02. The molecule has 0 aliphatic carbocycles. The van der Waals surface area contributed by atoms with E-state index in [1.807, 2.05) is 6.07 Å². The van der Waals surface area contributed by atoms with E-state index >= 15 is 0 Å². The first kappa shape index (κ1) is 11.0. The number of likely N-dealkylation sites (tertiary alicyclic amines) is 1. The van der Waals surface area contributed by atoms with Crippen LogP contribution in [-0.2, 0) is 0 Å². The molecule has 1 aromatic rings. The molecule has 0 bridgehead atoms. The predicted octanol–water partition coefficient (Wildman–Crippen LogP) is 2.90. The molecule has 0 spiro atoms. The smallest absolute Gasteiger partial charge is 0.165 e. The van der Waals surface area contributed by atoms with E-state index in [1.54, 1.807) is 6.07 Å². The molecule has 86 valence electrons. The highest BCUT2D eigenvalue weighted by Crippen LogP contribution is 2.26. The van der Waals surface area contributed by atoms with Crippen LogP contribution in [0.3, 0.4) is 0 Å². The fraction of sp³-hybridized carbons (Fsp3) is 0.385. The molecule has 1 aliphatic rings. The quantitative estimate of drug-likeness (QED) is 0.778. The third-order valence-electron chi connectivity index (χ3n) is 2.97. The molecule has 2 rings (SSSR count). The second kappa shape index (κ2) is 4.56. The number of benzene rings is 1. The molecule has 3 heteroatoms. The Balaban J connectivity index is 2.20. The van der Waals surface area contributed by atoms with E-state index in [0.29, 0.717) is 0 Å². The van der Waals surface area contributed by atoms with Gasteiger partial charge in [0.1, 0.15) is 0 Å². The van der Waals surface area contributed by atoms with E-state index in [1.165, 1.54) is 26.0 Å². The molecule has 1 aromatic carbocycles. The molecule has 0 radical (unpaired) electrons. The van der Waals surface area contributed by atoms with Crippen LogP contribution < -0.4 is 4.74 Å². The van der Waals surface area contributed by atoms with E-state index in [0.717, 1.165) is 24.4 Å². The van der Waals surface area contributed by atoms with Crippen molar-refractivity contribution in [3.8, 4) is 5.75 Å². The van der Waals surface area contributed by atoms with Gasteiger partial charge in [-0.1, -0.05) is 6.58 Å². The Morgan fingerprint density at radius 2 is 2.06 bits per heavy atom. The summed E-state index contributed by atoms with van der Waals surface area (Å²) in [5.74, 6) is -0.0571. The second-order valence-electron chi connectivity index (χ2n) is 3.99. The summed E-state index contributed by atoms with van der Waals surface area (Å²) in [6, 6.07) is 4.98. The summed E-state index contributed by atoms with van der Waals surface area (Å²) in [6.07, 6.45) is 2.38. The van der Waals surface area contributed by atoms with Crippen molar-refractivity contribution in [1.29, 1.82) is 0 Å². The van der Waals surface area contributed by atoms with Gasteiger partial charge in [0.15, 0.2) is 11.6 Å². The number of ether oxygens (including phenoxy) is 1. The molecule has 16 heavy (non-hydrogen) atoms. The molecule has 2 nitrogen and oxygen atoms in total. The number of hydrogen-bond donors (Lipinski definition) is 0. The largest absolute Gasteiger partial charge is 0.494 e. The van der Waals surface area contributed by atoms with Gasteiger partial charge in [-0.25, -0.2) is 4.39 Å². The van der Waals surface area contributed by atoms with Crippen LogP contribution in [0.25, 0.3) is 5.70 Å². The lowest BCUT2D eigenvalue weighted by Gasteiger charge is -2.20. The summed E-state index contributed by atoms with van der Waals surface area (Å²) in [7, 11) is 1.47. The molecule has 0 saturated carbocycles. The van der Waals surface area contributed by atoms with Gasteiger partial charge in [-0.15, -0.1) is 0 Å². The van der Waals surface area contributed by atoms with Crippen molar-refractivity contribution in [2.24, 2.45) is 0 Å². The van der Waals surface area contributed by atoms with Crippen molar-refractivity contribution in [3.05, 3.63) is 36.2 Å². The van der Waals surface area contributed by atoms with E-state index in [4.69, 9.17) is 4.74 Å². The lowest BCUT2D eigenvalue weighted by atomic mass is 10.1. The maximum Gasteiger partial charge on any atom is 0.165 e. The molecular formula is C13H16FNO. The second-order valence-corrected chi connectivity index (χ2v) is 3.99. The number of rotatable bonds is 3. The number of nitrogens with zero attached hydrogens (tertiary/aromatic N) is 1. The zero-order valence-corrected chi connectivity index (χ0v) is 9.50. The van der Waals surface area contributed by atoms with E-state index in [9.17, 15) is 4.39 Å². The molecule has 1 aliphatic heterocycles. The standard InChI is InChI=1S/C13H16FNO/c1-10(15-7-3-4-8-15)11-5-6-13(16-2)12(14)9-11/h5-6,9H,1,3-4,7-8H2,2H3. The zero-order valence-electron chi connectivity index (χ0n) is 9.50. The minimum absolute atomic E-state index is 0.276. The van der Waals surface area contributed by atoms with Crippen molar-refractivity contribution in [2.75, 3.05) is 20.2 Å². The van der Waals surface area contributed by atoms with E-state index in [2.05, 4.69) is 11.5 Å². The van der Waals surface area contributed by atoms with Gasteiger partial charge in [0.2, 0.25) is 0 Å². The Kier molecular flexibility index (Phi) is 3.13. The summed E-state index contributed by atoms with van der Waals surface area (Å²) in [5, 5.41) is 0. The molecule has 1 fully saturated rings. The third kappa shape index (κ3) is 2.03. The third-order valence-corrected chi connectivity index (χ3v) is 2.97. The van der Waals surface area contributed by atoms with Crippen molar-refractivity contribution in [1.82, 2.24) is 4.90 Å². The van der Waals surface area contributed by atoms with Crippen LogP contribution in [0.1, 0.15) is 18.4 Å². The van der Waals surface area contributed by atoms with Gasteiger partial charge in [-0.05, 0) is 31.0 Å². The maximum atomic E-state index is 13.5. The Bertz CT molecular complexity index is 397. The van der Waals surface area contributed by atoms with Crippen LogP contribution >= 0.6 is 0 Å². The van der Waals surface area contributed by atoms with Crippen LogP contribution in [0.2, 0.25) is 0 Å². The first-order valence-electron chi connectivity index (χ1n) is 5.50. The van der Waals surface area contributed by atoms with Crippen molar-refractivity contribution < 1.29 is 9.13 Å². The molecule has 1 heterocycles. The number of methoxy groups -OCH3 is 1. The Morgan fingerprint density at radius 1 is 1.38 bits per heavy atom. The summed E-state index contributed by atoms with van der Waals surface area (Å²) in [6.45, 7) is 6.06. The minimum Gasteiger partial charge on any atom is -0.494 e. The van der Waals surface area contributed by atoms with Crippen LogP contribution in [0, 0.1) is 5.82 Å². The predicted molar refractivity (Wildman–Crippen MR) is 62.8 cm³/mol. The molecule has 1 saturated heterocycles. The molecule has 0 atom stereocenters. The highest BCUT2D eigenvalue weighted by Gasteiger charge is 2.15. The molecule has 0 amide bonds. The summed E-state index contributed by atoms with van der Waals surface area (Å²) in [5.41, 5.74) is 1.74. The molecular weight excluding hydrogens is 205 g/mol. The lowest BCUT2D eigenvalue weighted by Crippen LogP contribution is -2.16. The molecule has 0 unspecified atom stereocenters. The Hall–Kier alpha value is -1.51. The minimum atomic E-state index is -0.333. The first-order chi connectivity index (χ1) is 7.72. The van der Waals surface area contributed by atoms with Gasteiger partial charge in [0.25, 0.3) is 0 Å². The van der Waals surface area contributed by atoms with Crippen LogP contribution in [-0.4, -0.2) is 25.1 Å². The first-order valence-corrected chi connectivity index (χ1v) is 5.50. The number of halogens is 1. The molecule has 0 aromatic heterocycles. The normalized spacial score (nSPS) is 15.2.